The summed E-state index contributed by atoms with van der Waals surface area (Å²) in [5, 5.41) is 2.78. The van der Waals surface area contributed by atoms with Gasteiger partial charge in [0.15, 0.2) is 6.10 Å². The summed E-state index contributed by atoms with van der Waals surface area (Å²) < 4.78 is 23.5. The van der Waals surface area contributed by atoms with Crippen LogP contribution in [0.4, 0.5) is 10.1 Å². The minimum atomic E-state index is -0.837. The van der Waals surface area contributed by atoms with E-state index in [4.69, 9.17) is 9.15 Å². The van der Waals surface area contributed by atoms with E-state index in [9.17, 15) is 9.18 Å². The minimum absolute atomic E-state index is 0.353. The predicted octanol–water partition coefficient (Wildman–Crippen LogP) is 3.81. The van der Waals surface area contributed by atoms with Crippen molar-refractivity contribution in [2.45, 2.75) is 6.10 Å². The van der Waals surface area contributed by atoms with Crippen LogP contribution in [0.1, 0.15) is 11.7 Å². The second kappa shape index (κ2) is 7.06. The van der Waals surface area contributed by atoms with Gasteiger partial charge in [-0.25, -0.2) is 9.37 Å². The number of methoxy groups -OCH3 is 1. The number of halogens is 1. The lowest BCUT2D eigenvalue weighted by Crippen LogP contribution is -2.22. The molecular weight excluding hydrogens is 311 g/mol. The van der Waals surface area contributed by atoms with Gasteiger partial charge in [0.25, 0.3) is 5.91 Å². The van der Waals surface area contributed by atoms with Gasteiger partial charge >= 0.3 is 0 Å². The van der Waals surface area contributed by atoms with Crippen molar-refractivity contribution in [3.8, 4) is 11.5 Å². The zero-order valence-corrected chi connectivity index (χ0v) is 12.9. The Morgan fingerprint density at radius 2 is 2.04 bits per heavy atom. The molecule has 0 bridgehead atoms. The van der Waals surface area contributed by atoms with Crippen LogP contribution in [0.5, 0.6) is 0 Å². The maximum atomic E-state index is 13.0. The lowest BCUT2D eigenvalue weighted by atomic mass is 10.1. The van der Waals surface area contributed by atoms with Crippen LogP contribution < -0.4 is 5.32 Å². The van der Waals surface area contributed by atoms with E-state index >= 15 is 0 Å². The number of carbonyl (C=O) groups excluding carboxylic acids is 1. The van der Waals surface area contributed by atoms with E-state index in [-0.39, 0.29) is 11.7 Å². The third kappa shape index (κ3) is 3.49. The molecule has 1 unspecified atom stereocenters. The number of rotatable bonds is 5. The van der Waals surface area contributed by atoms with Gasteiger partial charge in [-0.05, 0) is 35.9 Å². The fourth-order valence-corrected chi connectivity index (χ4v) is 2.34. The molecule has 0 spiro atoms. The van der Waals surface area contributed by atoms with Crippen molar-refractivity contribution in [3.63, 3.8) is 0 Å². The van der Waals surface area contributed by atoms with Crippen molar-refractivity contribution >= 4 is 11.6 Å². The first-order valence-corrected chi connectivity index (χ1v) is 7.26. The summed E-state index contributed by atoms with van der Waals surface area (Å²) in [7, 11) is 1.43. The zero-order valence-electron chi connectivity index (χ0n) is 12.9. The molecule has 6 heteroatoms. The number of ether oxygens (including phenoxy) is 1. The Hall–Kier alpha value is -2.99. The van der Waals surface area contributed by atoms with E-state index in [1.807, 2.05) is 6.07 Å². The molecule has 1 heterocycles. The Kier molecular flexibility index (Phi) is 4.67. The highest BCUT2D eigenvalue weighted by atomic mass is 19.1. The smallest absolute Gasteiger partial charge is 0.258 e. The lowest BCUT2D eigenvalue weighted by molar-refractivity contribution is -0.126. The first-order valence-electron chi connectivity index (χ1n) is 7.26. The number of benzene rings is 2. The van der Waals surface area contributed by atoms with E-state index in [2.05, 4.69) is 10.3 Å². The molecule has 0 aliphatic carbocycles. The molecule has 0 fully saturated rings. The molecule has 122 valence electrons. The summed E-state index contributed by atoms with van der Waals surface area (Å²) >= 11 is 0. The Morgan fingerprint density at radius 1 is 1.25 bits per heavy atom. The Bertz CT molecular complexity index is 817. The van der Waals surface area contributed by atoms with Crippen LogP contribution in [-0.2, 0) is 9.53 Å². The molecule has 1 aromatic heterocycles. The second-order valence-electron chi connectivity index (χ2n) is 5.07. The number of aromatic nitrogens is 1. The van der Waals surface area contributed by atoms with Crippen LogP contribution >= 0.6 is 0 Å². The van der Waals surface area contributed by atoms with E-state index in [0.717, 1.165) is 5.56 Å². The molecule has 2 aromatic carbocycles. The summed E-state index contributed by atoms with van der Waals surface area (Å²) in [5.41, 5.74) is 1.90. The molecule has 3 rings (SSSR count). The maximum absolute atomic E-state index is 13.0. The highest BCUT2D eigenvalue weighted by Gasteiger charge is 2.20. The summed E-state index contributed by atoms with van der Waals surface area (Å²) in [6.07, 6.45) is 2.20. The van der Waals surface area contributed by atoms with Crippen molar-refractivity contribution in [2.75, 3.05) is 12.4 Å². The molecule has 5 nitrogen and oxygen atoms in total. The van der Waals surface area contributed by atoms with Gasteiger partial charge in [0.05, 0.1) is 6.20 Å². The number of amides is 1. The van der Waals surface area contributed by atoms with E-state index in [0.29, 0.717) is 17.1 Å². The van der Waals surface area contributed by atoms with Gasteiger partial charge in [0.2, 0.25) is 5.89 Å². The Morgan fingerprint density at radius 3 is 2.71 bits per heavy atom. The van der Waals surface area contributed by atoms with Crippen LogP contribution in [0.15, 0.2) is 65.4 Å². The van der Waals surface area contributed by atoms with Gasteiger partial charge in [0.1, 0.15) is 12.1 Å². The highest BCUT2D eigenvalue weighted by Crippen LogP contribution is 2.23. The second-order valence-corrected chi connectivity index (χ2v) is 5.07. The average molecular weight is 326 g/mol. The standard InChI is InChI=1S/C18H15FN2O3/c1-23-16(12-5-7-14(19)8-6-12)17(22)21-15-4-2-3-13(11-15)18-20-9-10-24-18/h2-11,16H,1H3,(H,21,22). The van der Waals surface area contributed by atoms with E-state index in [1.165, 1.54) is 37.6 Å². The zero-order chi connectivity index (χ0) is 16.9. The minimum Gasteiger partial charge on any atom is -0.445 e. The largest absolute Gasteiger partial charge is 0.445 e. The Balaban J connectivity index is 1.78. The first kappa shape index (κ1) is 15.9. The van der Waals surface area contributed by atoms with Crippen molar-refractivity contribution in [1.82, 2.24) is 4.98 Å². The number of hydrogen-bond donors (Lipinski definition) is 1. The molecule has 3 aromatic rings. The summed E-state index contributed by atoms with van der Waals surface area (Å²) in [6, 6.07) is 12.7. The van der Waals surface area contributed by atoms with Crippen molar-refractivity contribution < 1.29 is 18.3 Å². The summed E-state index contributed by atoms with van der Waals surface area (Å²) in [5.74, 6) is -0.255. The average Bonchev–Trinajstić information content (AvgIpc) is 3.12. The van der Waals surface area contributed by atoms with E-state index in [1.54, 1.807) is 24.4 Å². The van der Waals surface area contributed by atoms with Gasteiger partial charge in [-0.15, -0.1) is 0 Å². The van der Waals surface area contributed by atoms with Crippen LogP contribution in [0, 0.1) is 5.82 Å². The number of hydrogen-bond acceptors (Lipinski definition) is 4. The SMILES string of the molecule is COC(C(=O)Nc1cccc(-c2ncco2)c1)c1ccc(F)cc1. The summed E-state index contributed by atoms with van der Waals surface area (Å²) in [4.78, 5) is 16.5. The monoisotopic (exact) mass is 326 g/mol. The number of carbonyl (C=O) groups is 1. The van der Waals surface area contributed by atoms with Crippen LogP contribution in [-0.4, -0.2) is 18.0 Å². The molecule has 0 aliphatic rings. The molecular formula is C18H15FN2O3. The maximum Gasteiger partial charge on any atom is 0.258 e. The number of anilines is 1. The Labute approximate surface area is 138 Å². The topological polar surface area (TPSA) is 64.4 Å². The molecule has 0 radical (unpaired) electrons. The number of oxazole rings is 1. The number of nitrogens with one attached hydrogen (secondary N) is 1. The third-order valence-electron chi connectivity index (χ3n) is 3.46. The molecule has 0 saturated carbocycles. The normalized spacial score (nSPS) is 11.9. The molecule has 0 aliphatic heterocycles. The fraction of sp³-hybridized carbons (Fsp3) is 0.111. The van der Waals surface area contributed by atoms with Gasteiger partial charge < -0.3 is 14.5 Å². The first-order chi connectivity index (χ1) is 11.7. The van der Waals surface area contributed by atoms with Gasteiger partial charge in [-0.2, -0.15) is 0 Å². The van der Waals surface area contributed by atoms with Crippen LogP contribution in [0.25, 0.3) is 11.5 Å². The van der Waals surface area contributed by atoms with Crippen molar-refractivity contribution in [3.05, 3.63) is 72.4 Å². The molecule has 1 amide bonds. The van der Waals surface area contributed by atoms with Crippen LogP contribution in [0.3, 0.4) is 0 Å². The third-order valence-corrected chi connectivity index (χ3v) is 3.46. The summed E-state index contributed by atoms with van der Waals surface area (Å²) in [6.45, 7) is 0. The van der Waals surface area contributed by atoms with Gasteiger partial charge in [-0.3, -0.25) is 4.79 Å². The van der Waals surface area contributed by atoms with Crippen molar-refractivity contribution in [1.29, 1.82) is 0 Å². The lowest BCUT2D eigenvalue weighted by Gasteiger charge is -2.16. The fourth-order valence-electron chi connectivity index (χ4n) is 2.34. The van der Waals surface area contributed by atoms with Crippen molar-refractivity contribution in [2.24, 2.45) is 0 Å². The highest BCUT2D eigenvalue weighted by molar-refractivity contribution is 5.95. The quantitative estimate of drug-likeness (QED) is 0.774. The van der Waals surface area contributed by atoms with Crippen LogP contribution in [0.2, 0.25) is 0 Å². The van der Waals surface area contributed by atoms with Gasteiger partial charge in [-0.1, -0.05) is 18.2 Å². The molecule has 1 N–H and O–H groups in total. The number of nitrogens with zero attached hydrogens (tertiary/aromatic N) is 1. The van der Waals surface area contributed by atoms with Gasteiger partial charge in [0, 0.05) is 18.4 Å². The predicted molar refractivity (Wildman–Crippen MR) is 86.7 cm³/mol. The van der Waals surface area contributed by atoms with E-state index < -0.39 is 6.10 Å². The molecule has 24 heavy (non-hydrogen) atoms. The molecule has 1 atom stereocenters. The molecule has 0 saturated heterocycles.